The van der Waals surface area contributed by atoms with Crippen LogP contribution in [-0.4, -0.2) is 33.7 Å². The number of rotatable bonds is 8. The van der Waals surface area contributed by atoms with Gasteiger partial charge in [-0.2, -0.15) is 0 Å². The molecule has 174 valence electrons. The van der Waals surface area contributed by atoms with E-state index in [4.69, 9.17) is 9.47 Å². The molecule has 2 aromatic heterocycles. The molecule has 0 radical (unpaired) electrons. The van der Waals surface area contributed by atoms with Gasteiger partial charge in [0.1, 0.15) is 23.7 Å². The van der Waals surface area contributed by atoms with E-state index >= 15 is 0 Å². The first-order valence-electron chi connectivity index (χ1n) is 10.8. The normalized spacial score (nSPS) is 10.8. The van der Waals surface area contributed by atoms with E-state index in [1.165, 1.54) is 17.9 Å². The Morgan fingerprint density at radius 1 is 0.971 bits per heavy atom. The van der Waals surface area contributed by atoms with Gasteiger partial charge in [0.15, 0.2) is 0 Å². The number of nitrogens with zero attached hydrogens (tertiary/aromatic N) is 3. The molecular weight excluding hydrogens is 436 g/mol. The number of benzene rings is 2. The zero-order chi connectivity index (χ0) is 24.1. The van der Waals surface area contributed by atoms with Crippen LogP contribution in [0.4, 0.5) is 5.69 Å². The summed E-state index contributed by atoms with van der Waals surface area (Å²) in [6.45, 7) is 1.94. The van der Waals surface area contributed by atoms with E-state index in [2.05, 4.69) is 10.3 Å². The second-order valence-electron chi connectivity index (χ2n) is 7.42. The largest absolute Gasteiger partial charge is 0.496 e. The minimum atomic E-state index is -0.643. The third-order valence-electron chi connectivity index (χ3n) is 5.26. The van der Waals surface area contributed by atoms with Crippen molar-refractivity contribution in [2.24, 2.45) is 0 Å². The van der Waals surface area contributed by atoms with E-state index in [0.717, 1.165) is 4.57 Å². The number of hydrogen-bond acceptors (Lipinski definition) is 6. The van der Waals surface area contributed by atoms with Crippen LogP contribution in [0, 0.1) is 0 Å². The Kier molecular flexibility index (Phi) is 6.72. The number of hydrogen-bond donors (Lipinski definition) is 1. The molecule has 0 saturated carbocycles. The van der Waals surface area contributed by atoms with Crippen molar-refractivity contribution in [1.82, 2.24) is 14.1 Å². The molecule has 9 nitrogen and oxygen atoms in total. The fourth-order valence-electron chi connectivity index (χ4n) is 3.72. The minimum absolute atomic E-state index is 0.0126. The topological polar surface area (TPSA) is 104 Å². The highest BCUT2D eigenvalue weighted by Gasteiger charge is 2.18. The maximum absolute atomic E-state index is 13.4. The number of para-hydroxylation sites is 3. The minimum Gasteiger partial charge on any atom is -0.496 e. The molecule has 0 unspecified atom stereocenters. The predicted octanol–water partition coefficient (Wildman–Crippen LogP) is 2.65. The number of fused-ring (bicyclic) bond motifs is 1. The van der Waals surface area contributed by atoms with Crippen molar-refractivity contribution in [1.29, 1.82) is 0 Å². The van der Waals surface area contributed by atoms with Crippen molar-refractivity contribution in [2.45, 2.75) is 20.0 Å². The van der Waals surface area contributed by atoms with Gasteiger partial charge >= 0.3 is 5.69 Å². The summed E-state index contributed by atoms with van der Waals surface area (Å²) >= 11 is 0. The summed E-state index contributed by atoms with van der Waals surface area (Å²) in [5, 5.41) is 3.01. The molecule has 4 rings (SSSR count). The van der Waals surface area contributed by atoms with Crippen LogP contribution in [0.15, 0.2) is 76.4 Å². The van der Waals surface area contributed by atoms with Gasteiger partial charge in [-0.1, -0.05) is 30.3 Å². The van der Waals surface area contributed by atoms with Crippen molar-refractivity contribution in [3.05, 3.63) is 93.3 Å². The van der Waals surface area contributed by atoms with Crippen molar-refractivity contribution < 1.29 is 14.3 Å². The number of anilines is 1. The second kappa shape index (κ2) is 10.0. The Morgan fingerprint density at radius 2 is 1.71 bits per heavy atom. The molecule has 0 atom stereocenters. The monoisotopic (exact) mass is 460 g/mol. The van der Waals surface area contributed by atoms with E-state index in [0.29, 0.717) is 29.4 Å². The molecule has 1 amide bonds. The Morgan fingerprint density at radius 3 is 2.47 bits per heavy atom. The Balaban J connectivity index is 1.75. The summed E-state index contributed by atoms with van der Waals surface area (Å²) in [6, 6.07) is 17.4. The van der Waals surface area contributed by atoms with E-state index in [1.54, 1.807) is 60.7 Å². The van der Waals surface area contributed by atoms with Crippen LogP contribution in [0.2, 0.25) is 0 Å². The number of nitrogens with one attached hydrogen (secondary N) is 1. The highest BCUT2D eigenvalue weighted by molar-refractivity contribution is 5.92. The van der Waals surface area contributed by atoms with Gasteiger partial charge < -0.3 is 14.8 Å². The van der Waals surface area contributed by atoms with E-state index in [1.807, 2.05) is 6.92 Å². The SMILES string of the molecule is CCOc1ccccc1NC(=O)Cn1c(=O)n(Cc2ccccc2OC)c(=O)c2cccnc21. The van der Waals surface area contributed by atoms with Gasteiger partial charge in [-0.25, -0.2) is 9.78 Å². The zero-order valence-corrected chi connectivity index (χ0v) is 18.9. The molecule has 0 saturated heterocycles. The highest BCUT2D eigenvalue weighted by atomic mass is 16.5. The number of carbonyl (C=O) groups excluding carboxylic acids is 1. The first-order chi connectivity index (χ1) is 16.5. The van der Waals surface area contributed by atoms with Crippen LogP contribution in [0.3, 0.4) is 0 Å². The molecule has 0 aliphatic rings. The quantitative estimate of drug-likeness (QED) is 0.434. The van der Waals surface area contributed by atoms with Crippen LogP contribution in [-0.2, 0) is 17.9 Å². The van der Waals surface area contributed by atoms with Crippen molar-refractivity contribution >= 4 is 22.6 Å². The maximum atomic E-state index is 13.4. The molecule has 2 heterocycles. The number of amides is 1. The molecule has 34 heavy (non-hydrogen) atoms. The Hall–Kier alpha value is -4.40. The summed E-state index contributed by atoms with van der Waals surface area (Å²) in [4.78, 5) is 43.7. The third-order valence-corrected chi connectivity index (χ3v) is 5.26. The van der Waals surface area contributed by atoms with Gasteiger partial charge in [-0.3, -0.25) is 18.7 Å². The van der Waals surface area contributed by atoms with Gasteiger partial charge in [0, 0.05) is 11.8 Å². The summed E-state index contributed by atoms with van der Waals surface area (Å²) in [7, 11) is 1.52. The molecule has 0 spiro atoms. The van der Waals surface area contributed by atoms with Gasteiger partial charge in [-0.15, -0.1) is 0 Å². The summed E-state index contributed by atoms with van der Waals surface area (Å²) in [5.41, 5.74) is 0.158. The van der Waals surface area contributed by atoms with Gasteiger partial charge in [0.25, 0.3) is 5.56 Å². The number of pyridine rings is 1. The fourth-order valence-corrected chi connectivity index (χ4v) is 3.72. The lowest BCUT2D eigenvalue weighted by atomic mass is 10.2. The Labute approximate surface area is 195 Å². The van der Waals surface area contributed by atoms with Crippen LogP contribution >= 0.6 is 0 Å². The molecule has 0 fully saturated rings. The molecule has 0 aliphatic heterocycles. The molecule has 9 heteroatoms. The molecule has 0 aliphatic carbocycles. The second-order valence-corrected chi connectivity index (χ2v) is 7.42. The molecule has 4 aromatic rings. The average molecular weight is 460 g/mol. The van der Waals surface area contributed by atoms with E-state index < -0.39 is 17.2 Å². The van der Waals surface area contributed by atoms with Crippen LogP contribution in [0.1, 0.15) is 12.5 Å². The Bertz CT molecular complexity index is 1460. The molecule has 0 bridgehead atoms. The van der Waals surface area contributed by atoms with Crippen LogP contribution < -0.4 is 26.0 Å². The zero-order valence-electron chi connectivity index (χ0n) is 18.9. The van der Waals surface area contributed by atoms with E-state index in [-0.39, 0.29) is 24.1 Å². The van der Waals surface area contributed by atoms with Crippen molar-refractivity contribution in [3.63, 3.8) is 0 Å². The first-order valence-corrected chi connectivity index (χ1v) is 10.8. The molecule has 2 aromatic carbocycles. The summed E-state index contributed by atoms with van der Waals surface area (Å²) in [6.07, 6.45) is 1.48. The smallest absolute Gasteiger partial charge is 0.333 e. The van der Waals surface area contributed by atoms with Gasteiger partial charge in [0.2, 0.25) is 5.91 Å². The number of carbonyl (C=O) groups is 1. The fraction of sp³-hybridized carbons (Fsp3) is 0.200. The lowest BCUT2D eigenvalue weighted by Gasteiger charge is -2.15. The third kappa shape index (κ3) is 4.54. The number of methoxy groups -OCH3 is 1. The summed E-state index contributed by atoms with van der Waals surface area (Å²) in [5.74, 6) is 0.621. The lowest BCUT2D eigenvalue weighted by molar-refractivity contribution is -0.116. The average Bonchev–Trinajstić information content (AvgIpc) is 2.86. The predicted molar refractivity (Wildman–Crippen MR) is 129 cm³/mol. The van der Waals surface area contributed by atoms with Gasteiger partial charge in [-0.05, 0) is 37.3 Å². The number of ether oxygens (including phenoxy) is 2. The van der Waals surface area contributed by atoms with Crippen LogP contribution in [0.5, 0.6) is 11.5 Å². The standard InChI is InChI=1S/C25H24N4O5/c1-3-34-21-13-7-5-11-19(21)27-22(30)16-28-23-18(10-8-14-26-23)24(31)29(25(28)32)15-17-9-4-6-12-20(17)33-2/h4-14H,3,15-16H2,1-2H3,(H,27,30). The number of aromatic nitrogens is 3. The lowest BCUT2D eigenvalue weighted by Crippen LogP contribution is -2.42. The van der Waals surface area contributed by atoms with Crippen LogP contribution in [0.25, 0.3) is 11.0 Å². The summed E-state index contributed by atoms with van der Waals surface area (Å²) < 4.78 is 13.2. The van der Waals surface area contributed by atoms with Crippen molar-refractivity contribution in [3.8, 4) is 11.5 Å². The van der Waals surface area contributed by atoms with Crippen molar-refractivity contribution in [2.75, 3.05) is 19.0 Å². The molecule has 1 N–H and O–H groups in total. The first kappa shape index (κ1) is 22.8. The highest BCUT2D eigenvalue weighted by Crippen LogP contribution is 2.23. The molecular formula is C25H24N4O5. The van der Waals surface area contributed by atoms with E-state index in [9.17, 15) is 14.4 Å². The maximum Gasteiger partial charge on any atom is 0.333 e. The van der Waals surface area contributed by atoms with Gasteiger partial charge in [0.05, 0.1) is 31.3 Å².